The number of halogens is 1. The molecule has 0 fully saturated rings. The SMILES string of the molecule is O=C(NCc1cccc(Cl)c1)c1ccc([N+](=O)[O-])c(O)c1. The van der Waals surface area contributed by atoms with Crippen molar-refractivity contribution >= 4 is 23.2 Å². The van der Waals surface area contributed by atoms with Crippen LogP contribution in [-0.4, -0.2) is 15.9 Å². The van der Waals surface area contributed by atoms with Gasteiger partial charge in [0.05, 0.1) is 4.92 Å². The van der Waals surface area contributed by atoms with E-state index in [2.05, 4.69) is 5.32 Å². The lowest BCUT2D eigenvalue weighted by Crippen LogP contribution is -2.22. The van der Waals surface area contributed by atoms with Gasteiger partial charge in [0.25, 0.3) is 5.91 Å². The number of nitrogens with one attached hydrogen (secondary N) is 1. The molecular formula is C14H11ClN2O4. The van der Waals surface area contributed by atoms with E-state index in [-0.39, 0.29) is 12.1 Å². The minimum atomic E-state index is -0.719. The number of benzene rings is 2. The summed E-state index contributed by atoms with van der Waals surface area (Å²) in [4.78, 5) is 21.8. The van der Waals surface area contributed by atoms with E-state index in [4.69, 9.17) is 11.6 Å². The number of rotatable bonds is 4. The first-order valence-electron chi connectivity index (χ1n) is 5.97. The summed E-state index contributed by atoms with van der Waals surface area (Å²) in [6, 6.07) is 10.4. The molecule has 0 heterocycles. The third-order valence-electron chi connectivity index (χ3n) is 2.78. The zero-order valence-corrected chi connectivity index (χ0v) is 11.5. The average molecular weight is 307 g/mol. The monoisotopic (exact) mass is 306 g/mol. The number of hydrogen-bond acceptors (Lipinski definition) is 4. The van der Waals surface area contributed by atoms with Crippen LogP contribution in [0.15, 0.2) is 42.5 Å². The Balaban J connectivity index is 2.07. The maximum absolute atomic E-state index is 11.9. The van der Waals surface area contributed by atoms with Gasteiger partial charge >= 0.3 is 5.69 Å². The highest BCUT2D eigenvalue weighted by atomic mass is 35.5. The van der Waals surface area contributed by atoms with Crippen molar-refractivity contribution in [2.45, 2.75) is 6.54 Å². The summed E-state index contributed by atoms with van der Waals surface area (Å²) < 4.78 is 0. The molecule has 0 saturated carbocycles. The molecule has 0 saturated heterocycles. The molecule has 0 atom stereocenters. The molecule has 0 bridgehead atoms. The number of nitrogens with zero attached hydrogens (tertiary/aromatic N) is 1. The first-order chi connectivity index (χ1) is 9.97. The Morgan fingerprint density at radius 2 is 2.05 bits per heavy atom. The molecule has 0 radical (unpaired) electrons. The molecule has 7 heteroatoms. The number of carbonyl (C=O) groups excluding carboxylic acids is 1. The molecular weight excluding hydrogens is 296 g/mol. The largest absolute Gasteiger partial charge is 0.502 e. The predicted octanol–water partition coefficient (Wildman–Crippen LogP) is 2.88. The topological polar surface area (TPSA) is 92.5 Å². The van der Waals surface area contributed by atoms with Crippen molar-refractivity contribution in [1.82, 2.24) is 5.32 Å². The smallest absolute Gasteiger partial charge is 0.310 e. The predicted molar refractivity (Wildman–Crippen MR) is 77.4 cm³/mol. The molecule has 0 aliphatic heterocycles. The second kappa shape index (κ2) is 6.23. The van der Waals surface area contributed by atoms with Crippen LogP contribution in [0.1, 0.15) is 15.9 Å². The van der Waals surface area contributed by atoms with Gasteiger partial charge in [-0.3, -0.25) is 14.9 Å². The second-order valence-corrected chi connectivity index (χ2v) is 4.71. The second-order valence-electron chi connectivity index (χ2n) is 4.27. The van der Waals surface area contributed by atoms with Gasteiger partial charge in [-0.15, -0.1) is 0 Å². The van der Waals surface area contributed by atoms with Crippen LogP contribution in [0, 0.1) is 10.1 Å². The summed E-state index contributed by atoms with van der Waals surface area (Å²) in [5.41, 5.74) is 0.517. The third kappa shape index (κ3) is 3.70. The highest BCUT2D eigenvalue weighted by Gasteiger charge is 2.15. The molecule has 2 aromatic carbocycles. The lowest BCUT2D eigenvalue weighted by molar-refractivity contribution is -0.385. The van der Waals surface area contributed by atoms with Crippen molar-refractivity contribution in [3.63, 3.8) is 0 Å². The molecule has 0 aliphatic rings. The molecule has 0 aliphatic carbocycles. The summed E-state index contributed by atoms with van der Waals surface area (Å²) in [7, 11) is 0. The Morgan fingerprint density at radius 3 is 2.67 bits per heavy atom. The Bertz CT molecular complexity index is 703. The fraction of sp³-hybridized carbons (Fsp3) is 0.0714. The van der Waals surface area contributed by atoms with Crippen LogP contribution >= 0.6 is 11.6 Å². The number of phenolic OH excluding ortho intramolecular Hbond substituents is 1. The molecule has 0 aromatic heterocycles. The van der Waals surface area contributed by atoms with Crippen LogP contribution in [0.5, 0.6) is 5.75 Å². The van der Waals surface area contributed by atoms with Gasteiger partial charge in [-0.2, -0.15) is 0 Å². The maximum atomic E-state index is 11.9. The van der Waals surface area contributed by atoms with Crippen LogP contribution in [0.2, 0.25) is 5.02 Å². The van der Waals surface area contributed by atoms with E-state index >= 15 is 0 Å². The van der Waals surface area contributed by atoms with E-state index in [1.165, 1.54) is 6.07 Å². The number of phenols is 1. The average Bonchev–Trinajstić information content (AvgIpc) is 2.44. The summed E-state index contributed by atoms with van der Waals surface area (Å²) in [5.74, 6) is -0.990. The highest BCUT2D eigenvalue weighted by molar-refractivity contribution is 6.30. The van der Waals surface area contributed by atoms with Crippen LogP contribution < -0.4 is 5.32 Å². The third-order valence-corrected chi connectivity index (χ3v) is 3.01. The van der Waals surface area contributed by atoms with Crippen molar-refractivity contribution in [2.75, 3.05) is 0 Å². The molecule has 2 aromatic rings. The minimum Gasteiger partial charge on any atom is -0.502 e. The van der Waals surface area contributed by atoms with E-state index in [0.29, 0.717) is 5.02 Å². The van der Waals surface area contributed by atoms with Gasteiger partial charge < -0.3 is 10.4 Å². The van der Waals surface area contributed by atoms with Gasteiger partial charge in [0.2, 0.25) is 0 Å². The Morgan fingerprint density at radius 1 is 1.29 bits per heavy atom. The van der Waals surface area contributed by atoms with E-state index in [1.807, 2.05) is 0 Å². The Kier molecular flexibility index (Phi) is 4.39. The van der Waals surface area contributed by atoms with E-state index < -0.39 is 22.3 Å². The zero-order valence-electron chi connectivity index (χ0n) is 10.7. The molecule has 0 unspecified atom stereocenters. The van der Waals surface area contributed by atoms with Gasteiger partial charge in [-0.05, 0) is 29.8 Å². The van der Waals surface area contributed by atoms with Crippen molar-refractivity contribution in [3.05, 3.63) is 68.7 Å². The molecule has 108 valence electrons. The summed E-state index contributed by atoms with van der Waals surface area (Å²) in [6.07, 6.45) is 0. The Hall–Kier alpha value is -2.60. The normalized spacial score (nSPS) is 10.1. The number of nitro groups is 1. The van der Waals surface area contributed by atoms with Crippen molar-refractivity contribution in [3.8, 4) is 5.75 Å². The highest BCUT2D eigenvalue weighted by Crippen LogP contribution is 2.26. The molecule has 6 nitrogen and oxygen atoms in total. The van der Waals surface area contributed by atoms with Crippen LogP contribution in [0.25, 0.3) is 0 Å². The van der Waals surface area contributed by atoms with E-state index in [1.54, 1.807) is 24.3 Å². The lowest BCUT2D eigenvalue weighted by atomic mass is 10.1. The molecule has 21 heavy (non-hydrogen) atoms. The van der Waals surface area contributed by atoms with Gasteiger partial charge in [-0.25, -0.2) is 0 Å². The number of aromatic hydroxyl groups is 1. The lowest BCUT2D eigenvalue weighted by Gasteiger charge is -2.06. The fourth-order valence-corrected chi connectivity index (χ4v) is 1.96. The molecule has 1 amide bonds. The quantitative estimate of drug-likeness (QED) is 0.671. The molecule has 2 N–H and O–H groups in total. The van der Waals surface area contributed by atoms with Crippen LogP contribution in [-0.2, 0) is 6.54 Å². The fourth-order valence-electron chi connectivity index (χ4n) is 1.75. The maximum Gasteiger partial charge on any atom is 0.310 e. The summed E-state index contributed by atoms with van der Waals surface area (Å²) >= 11 is 5.84. The van der Waals surface area contributed by atoms with E-state index in [9.17, 15) is 20.0 Å². The summed E-state index contributed by atoms with van der Waals surface area (Å²) in [6.45, 7) is 0.261. The van der Waals surface area contributed by atoms with Gasteiger partial charge in [0.15, 0.2) is 5.75 Å². The number of hydrogen-bond donors (Lipinski definition) is 2. The minimum absolute atomic E-state index is 0.139. The van der Waals surface area contributed by atoms with Crippen molar-refractivity contribution in [1.29, 1.82) is 0 Å². The van der Waals surface area contributed by atoms with Gasteiger partial charge in [0, 0.05) is 23.2 Å². The number of nitro benzene ring substituents is 1. The number of amides is 1. The Labute approximate surface area is 125 Å². The van der Waals surface area contributed by atoms with Crippen molar-refractivity contribution in [2.24, 2.45) is 0 Å². The van der Waals surface area contributed by atoms with E-state index in [0.717, 1.165) is 17.7 Å². The van der Waals surface area contributed by atoms with Crippen molar-refractivity contribution < 1.29 is 14.8 Å². The van der Waals surface area contributed by atoms with Gasteiger partial charge in [0.1, 0.15) is 0 Å². The molecule has 0 spiro atoms. The summed E-state index contributed by atoms with van der Waals surface area (Å²) in [5, 5.41) is 23.3. The van der Waals surface area contributed by atoms with Crippen LogP contribution in [0.3, 0.4) is 0 Å². The molecule has 2 rings (SSSR count). The zero-order chi connectivity index (χ0) is 15.4. The number of carbonyl (C=O) groups is 1. The standard InChI is InChI=1S/C14H11ClN2O4/c15-11-3-1-2-9(6-11)8-16-14(19)10-4-5-12(17(20)21)13(18)7-10/h1-7,18H,8H2,(H,16,19). The first-order valence-corrected chi connectivity index (χ1v) is 6.35. The van der Waals surface area contributed by atoms with Gasteiger partial charge in [-0.1, -0.05) is 23.7 Å². The first kappa shape index (κ1) is 14.8. The van der Waals surface area contributed by atoms with Crippen LogP contribution in [0.4, 0.5) is 5.69 Å².